The minimum atomic E-state index is -0.268. The molecule has 8 aromatic carbocycles. The van der Waals surface area contributed by atoms with E-state index in [9.17, 15) is 0 Å². The SMILES string of the molecule is CC(C)(C)c1ccc(-c2ccc(-c3nc4c(o3)N(c3cc(C(C)(C)C)cc(C(C)(C)C)c3)c3cc(N(c5ccccc5)c5ccccc5)cc5c3B4c3cc(C(C)(C)C)ccc3N5c3ccc(C(C)(C)C)cc3)cc2)cc1. The van der Waals surface area contributed by atoms with Crippen LogP contribution in [0.4, 0.5) is 51.4 Å². The predicted molar refractivity (Wildman–Crippen MR) is 330 cm³/mol. The summed E-state index contributed by atoms with van der Waals surface area (Å²) in [7, 11) is 0. The molecule has 0 atom stereocenters. The Hall–Kier alpha value is -7.57. The standard InChI is InChI=1S/C71H75BN4O/c1-67(2,3)49-32-30-47(31-33-49)46-26-28-48(29-27-46)65-73-64-66(77-65)76(57-41-52(70(10,11)12)40-53(42-57)71(13,14)15)62-45-58(74(54-22-18-16-19-23-54)55-24-20-17-21-25-55)44-61-63(62)72(64)59-43-51(69(7,8)9)36-39-60(59)75(61)56-37-34-50(35-38-56)68(4,5)6/h16-45H,1-15H3. The molecule has 0 fully saturated rings. The Kier molecular flexibility index (Phi) is 12.4. The molecule has 2 aliphatic heterocycles. The van der Waals surface area contributed by atoms with Crippen LogP contribution in [-0.2, 0) is 27.1 Å². The molecule has 3 heterocycles. The summed E-state index contributed by atoms with van der Waals surface area (Å²) < 4.78 is 7.49. The number of rotatable bonds is 7. The van der Waals surface area contributed by atoms with Crippen molar-refractivity contribution >= 4 is 74.6 Å². The maximum Gasteiger partial charge on any atom is 0.279 e. The summed E-state index contributed by atoms with van der Waals surface area (Å²) in [4.78, 5) is 13.1. The van der Waals surface area contributed by atoms with Crippen molar-refractivity contribution in [3.63, 3.8) is 0 Å². The van der Waals surface area contributed by atoms with Crippen LogP contribution < -0.4 is 31.2 Å². The average Bonchev–Trinajstić information content (AvgIpc) is 3.88. The number of hydrogen-bond donors (Lipinski definition) is 0. The monoisotopic (exact) mass is 1010 g/mol. The fraction of sp³-hybridized carbons (Fsp3) is 0.282. The topological polar surface area (TPSA) is 35.8 Å². The van der Waals surface area contributed by atoms with E-state index in [0.29, 0.717) is 5.89 Å². The van der Waals surface area contributed by atoms with Gasteiger partial charge < -0.3 is 14.2 Å². The van der Waals surface area contributed by atoms with Gasteiger partial charge in [0, 0.05) is 45.4 Å². The third kappa shape index (κ3) is 9.59. The zero-order valence-electron chi connectivity index (χ0n) is 48.1. The first-order chi connectivity index (χ1) is 36.3. The van der Waals surface area contributed by atoms with Crippen molar-refractivity contribution in [3.05, 3.63) is 210 Å². The Morgan fingerprint density at radius 2 is 0.818 bits per heavy atom. The molecule has 2 aliphatic rings. The van der Waals surface area contributed by atoms with Gasteiger partial charge in [0.2, 0.25) is 11.8 Å². The van der Waals surface area contributed by atoms with E-state index in [-0.39, 0.29) is 33.8 Å². The Morgan fingerprint density at radius 1 is 0.377 bits per heavy atom. The highest BCUT2D eigenvalue weighted by molar-refractivity contribution is 6.99. The van der Waals surface area contributed by atoms with Crippen LogP contribution in [0.3, 0.4) is 0 Å². The van der Waals surface area contributed by atoms with Crippen molar-refractivity contribution in [2.24, 2.45) is 0 Å². The number of anilines is 9. The molecule has 0 spiro atoms. The van der Waals surface area contributed by atoms with Crippen LogP contribution in [0.25, 0.3) is 22.6 Å². The lowest BCUT2D eigenvalue weighted by molar-refractivity contribution is 0.566. The van der Waals surface area contributed by atoms with Crippen LogP contribution in [0, 0.1) is 0 Å². The Balaban J connectivity index is 1.24. The summed E-state index contributed by atoms with van der Waals surface area (Å²) in [6, 6.07) is 67.8. The number of aromatic nitrogens is 1. The number of hydrogen-bond acceptors (Lipinski definition) is 5. The molecule has 77 heavy (non-hydrogen) atoms. The normalized spacial score (nSPS) is 13.6. The fourth-order valence-electron chi connectivity index (χ4n) is 11.2. The zero-order valence-corrected chi connectivity index (χ0v) is 48.1. The van der Waals surface area contributed by atoms with Gasteiger partial charge in [0.05, 0.1) is 11.3 Å². The Labute approximate surface area is 459 Å². The first kappa shape index (κ1) is 51.5. The lowest BCUT2D eigenvalue weighted by Crippen LogP contribution is -2.62. The maximum absolute atomic E-state index is 7.49. The van der Waals surface area contributed by atoms with Crippen LogP contribution in [-0.4, -0.2) is 11.7 Å². The van der Waals surface area contributed by atoms with E-state index in [1.54, 1.807) is 0 Å². The van der Waals surface area contributed by atoms with Gasteiger partial charge in [-0.1, -0.05) is 207 Å². The number of fused-ring (bicyclic) bond motifs is 4. The molecular weight excluding hydrogens is 936 g/mol. The van der Waals surface area contributed by atoms with Crippen LogP contribution >= 0.6 is 0 Å². The van der Waals surface area contributed by atoms with Crippen LogP contribution in [0.2, 0.25) is 0 Å². The summed E-state index contributed by atoms with van der Waals surface area (Å²) in [5, 5.41) is 0. The summed E-state index contributed by atoms with van der Waals surface area (Å²) in [6.07, 6.45) is 0. The van der Waals surface area contributed by atoms with Crippen molar-refractivity contribution in [2.45, 2.75) is 131 Å². The second-order valence-electron chi connectivity index (χ2n) is 26.7. The second-order valence-corrected chi connectivity index (χ2v) is 26.7. The molecule has 9 aromatic rings. The molecule has 11 rings (SSSR count). The minimum absolute atomic E-state index is 0.0108. The highest BCUT2D eigenvalue weighted by Gasteiger charge is 2.48. The van der Waals surface area contributed by atoms with Crippen LogP contribution in [0.1, 0.15) is 132 Å². The summed E-state index contributed by atoms with van der Waals surface area (Å²) in [5.74, 6) is 1.32. The first-order valence-electron chi connectivity index (χ1n) is 27.6. The van der Waals surface area contributed by atoms with Gasteiger partial charge in [0.15, 0.2) is 0 Å². The zero-order chi connectivity index (χ0) is 54.6. The lowest BCUT2D eigenvalue weighted by atomic mass is 9.35. The summed E-state index contributed by atoms with van der Waals surface area (Å²) in [6.45, 7) is 34.2. The van der Waals surface area contributed by atoms with Gasteiger partial charge >= 0.3 is 0 Å². The van der Waals surface area contributed by atoms with Crippen LogP contribution in [0.15, 0.2) is 186 Å². The number of oxazole rings is 1. The minimum Gasteiger partial charge on any atom is -0.420 e. The van der Waals surface area contributed by atoms with Gasteiger partial charge in [0.1, 0.15) is 0 Å². The predicted octanol–water partition coefficient (Wildman–Crippen LogP) is 18.0. The fourth-order valence-corrected chi connectivity index (χ4v) is 11.2. The highest BCUT2D eigenvalue weighted by atomic mass is 16.4. The van der Waals surface area contributed by atoms with Crippen molar-refractivity contribution in [1.82, 2.24) is 4.98 Å². The third-order valence-corrected chi connectivity index (χ3v) is 15.9. The van der Waals surface area contributed by atoms with E-state index in [2.05, 4.69) is 301 Å². The van der Waals surface area contributed by atoms with E-state index in [0.717, 1.165) is 68.1 Å². The molecule has 0 amide bonds. The van der Waals surface area contributed by atoms with E-state index in [4.69, 9.17) is 9.40 Å². The number of nitrogens with zero attached hydrogens (tertiary/aromatic N) is 4. The van der Waals surface area contributed by atoms with Crippen molar-refractivity contribution in [3.8, 4) is 22.6 Å². The van der Waals surface area contributed by atoms with Gasteiger partial charge in [-0.3, -0.25) is 4.90 Å². The molecule has 0 aliphatic carbocycles. The maximum atomic E-state index is 7.49. The van der Waals surface area contributed by atoms with Gasteiger partial charge in [-0.05, 0) is 156 Å². The van der Waals surface area contributed by atoms with Gasteiger partial charge in [0.25, 0.3) is 6.71 Å². The van der Waals surface area contributed by atoms with Crippen LogP contribution in [0.5, 0.6) is 0 Å². The molecule has 0 N–H and O–H groups in total. The molecular formula is C71H75BN4O. The van der Waals surface area contributed by atoms with Gasteiger partial charge in [-0.25, -0.2) is 4.98 Å². The smallest absolute Gasteiger partial charge is 0.279 e. The Bertz CT molecular complexity index is 3560. The summed E-state index contributed by atoms with van der Waals surface area (Å²) in [5.41, 5.74) is 21.2. The first-order valence-corrected chi connectivity index (χ1v) is 27.6. The molecule has 0 saturated carbocycles. The second kappa shape index (κ2) is 18.6. The summed E-state index contributed by atoms with van der Waals surface area (Å²) >= 11 is 0. The quantitative estimate of drug-likeness (QED) is 0.149. The molecule has 0 radical (unpaired) electrons. The number of para-hydroxylation sites is 2. The lowest BCUT2D eigenvalue weighted by Gasteiger charge is -2.43. The van der Waals surface area contributed by atoms with E-state index < -0.39 is 0 Å². The van der Waals surface area contributed by atoms with Crippen molar-refractivity contribution in [2.75, 3.05) is 14.7 Å². The Morgan fingerprint density at radius 3 is 1.31 bits per heavy atom. The molecule has 1 aromatic heterocycles. The molecule has 0 unspecified atom stereocenters. The van der Waals surface area contributed by atoms with E-state index in [1.807, 2.05) is 0 Å². The molecule has 388 valence electrons. The van der Waals surface area contributed by atoms with Gasteiger partial charge in [-0.15, -0.1) is 0 Å². The molecule has 0 bridgehead atoms. The van der Waals surface area contributed by atoms with E-state index in [1.165, 1.54) is 44.3 Å². The molecule has 6 heteroatoms. The molecule has 0 saturated heterocycles. The van der Waals surface area contributed by atoms with Crippen molar-refractivity contribution < 1.29 is 4.42 Å². The largest absolute Gasteiger partial charge is 0.420 e. The van der Waals surface area contributed by atoms with E-state index >= 15 is 0 Å². The third-order valence-electron chi connectivity index (χ3n) is 15.9. The highest BCUT2D eigenvalue weighted by Crippen LogP contribution is 2.50. The molecule has 5 nitrogen and oxygen atoms in total. The van der Waals surface area contributed by atoms with Gasteiger partial charge in [-0.2, -0.15) is 0 Å². The number of benzene rings is 8. The van der Waals surface area contributed by atoms with Crippen molar-refractivity contribution in [1.29, 1.82) is 0 Å². The average molecular weight is 1010 g/mol.